The van der Waals surface area contributed by atoms with Crippen molar-refractivity contribution in [3.63, 3.8) is 0 Å². The van der Waals surface area contributed by atoms with E-state index in [1.807, 2.05) is 6.92 Å². The lowest BCUT2D eigenvalue weighted by Crippen LogP contribution is -1.96. The summed E-state index contributed by atoms with van der Waals surface area (Å²) in [6.45, 7) is 1.82. The van der Waals surface area contributed by atoms with Crippen LogP contribution in [0.3, 0.4) is 0 Å². The van der Waals surface area contributed by atoms with Crippen LogP contribution in [0.5, 0.6) is 0 Å². The molecule has 0 aliphatic carbocycles. The van der Waals surface area contributed by atoms with E-state index >= 15 is 0 Å². The van der Waals surface area contributed by atoms with Gasteiger partial charge in [0.05, 0.1) is 23.5 Å². The molecule has 1 aromatic heterocycles. The van der Waals surface area contributed by atoms with E-state index in [9.17, 15) is 0 Å². The number of nitrogens with zero attached hydrogens (tertiary/aromatic N) is 2. The topological polar surface area (TPSA) is 51.8 Å². The van der Waals surface area contributed by atoms with E-state index in [-0.39, 0.29) is 5.38 Å². The van der Waals surface area contributed by atoms with Crippen LogP contribution in [0.15, 0.2) is 12.4 Å². The van der Waals surface area contributed by atoms with Crippen molar-refractivity contribution in [2.24, 2.45) is 0 Å². The Morgan fingerprint density at radius 1 is 1.60 bits per heavy atom. The molecule has 1 unspecified atom stereocenters. The van der Waals surface area contributed by atoms with Gasteiger partial charge in [-0.2, -0.15) is 0 Å². The molecule has 0 saturated heterocycles. The lowest BCUT2D eigenvalue weighted by Gasteiger charge is -2.00. The van der Waals surface area contributed by atoms with Crippen LogP contribution in [-0.2, 0) is 0 Å². The second-order valence-corrected chi connectivity index (χ2v) is 2.64. The molecule has 1 aromatic rings. The second kappa shape index (κ2) is 2.84. The predicted octanol–water partition coefficient (Wildman–Crippen LogP) is 1.36. The lowest BCUT2D eigenvalue weighted by molar-refractivity contribution is 0.973. The number of anilines is 1. The minimum Gasteiger partial charge on any atom is -0.382 e. The number of rotatable bonds is 1. The van der Waals surface area contributed by atoms with E-state index < -0.39 is 0 Å². The molecular formula is C6H8ClN3. The van der Waals surface area contributed by atoms with E-state index in [0.717, 1.165) is 0 Å². The van der Waals surface area contributed by atoms with Crippen LogP contribution in [0.25, 0.3) is 0 Å². The monoisotopic (exact) mass is 157 g/mol. The van der Waals surface area contributed by atoms with Crippen LogP contribution in [0, 0.1) is 0 Å². The number of hydrogen-bond donors (Lipinski definition) is 1. The maximum absolute atomic E-state index is 5.72. The van der Waals surface area contributed by atoms with Crippen molar-refractivity contribution < 1.29 is 0 Å². The van der Waals surface area contributed by atoms with Gasteiger partial charge in [-0.3, -0.25) is 4.98 Å². The minimum atomic E-state index is -0.129. The Labute approximate surface area is 64.2 Å². The van der Waals surface area contributed by atoms with Gasteiger partial charge in [-0.15, -0.1) is 11.6 Å². The zero-order chi connectivity index (χ0) is 7.56. The summed E-state index contributed by atoms with van der Waals surface area (Å²) < 4.78 is 0. The van der Waals surface area contributed by atoms with Crippen LogP contribution >= 0.6 is 11.6 Å². The van der Waals surface area contributed by atoms with E-state index in [1.54, 1.807) is 6.20 Å². The molecule has 0 aliphatic rings. The molecule has 1 heterocycles. The first-order valence-electron chi connectivity index (χ1n) is 2.91. The molecular weight excluding hydrogens is 150 g/mol. The fraction of sp³-hybridized carbons (Fsp3) is 0.333. The van der Waals surface area contributed by atoms with Crippen molar-refractivity contribution >= 4 is 17.4 Å². The molecule has 0 aliphatic heterocycles. The summed E-state index contributed by atoms with van der Waals surface area (Å²) in [5.74, 6) is 0.407. The minimum absolute atomic E-state index is 0.129. The summed E-state index contributed by atoms with van der Waals surface area (Å²) in [6.07, 6.45) is 3.09. The zero-order valence-electron chi connectivity index (χ0n) is 5.58. The SMILES string of the molecule is CC(Cl)c1cncc(N)n1. The Bertz CT molecular complexity index is 224. The smallest absolute Gasteiger partial charge is 0.142 e. The summed E-state index contributed by atoms with van der Waals surface area (Å²) in [4.78, 5) is 7.79. The third-order valence-corrected chi connectivity index (χ3v) is 1.30. The van der Waals surface area contributed by atoms with Crippen LogP contribution in [0.4, 0.5) is 5.82 Å². The molecule has 0 bridgehead atoms. The normalized spacial score (nSPS) is 13.0. The number of halogens is 1. The largest absolute Gasteiger partial charge is 0.382 e. The van der Waals surface area contributed by atoms with Gasteiger partial charge in [-0.05, 0) is 6.92 Å². The summed E-state index contributed by atoms with van der Waals surface area (Å²) in [5.41, 5.74) is 6.07. The van der Waals surface area contributed by atoms with E-state index in [1.165, 1.54) is 6.20 Å². The maximum Gasteiger partial charge on any atom is 0.142 e. The number of alkyl halides is 1. The summed E-state index contributed by atoms with van der Waals surface area (Å²) in [5, 5.41) is -0.129. The molecule has 3 nitrogen and oxygen atoms in total. The van der Waals surface area contributed by atoms with Crippen molar-refractivity contribution in [1.82, 2.24) is 9.97 Å². The fourth-order valence-corrected chi connectivity index (χ4v) is 0.694. The third kappa shape index (κ3) is 1.57. The highest BCUT2D eigenvalue weighted by atomic mass is 35.5. The fourth-order valence-electron chi connectivity index (χ4n) is 0.588. The van der Waals surface area contributed by atoms with E-state index in [4.69, 9.17) is 17.3 Å². The van der Waals surface area contributed by atoms with Crippen molar-refractivity contribution in [1.29, 1.82) is 0 Å². The number of nitrogens with two attached hydrogens (primary N) is 1. The Morgan fingerprint density at radius 3 is 2.70 bits per heavy atom. The standard InChI is InChI=1S/C6H8ClN3/c1-4(7)5-2-9-3-6(8)10-5/h2-4H,1H3,(H2,8,10). The molecule has 0 amide bonds. The van der Waals surface area contributed by atoms with Crippen molar-refractivity contribution in [3.05, 3.63) is 18.1 Å². The Kier molecular flexibility index (Phi) is 2.06. The van der Waals surface area contributed by atoms with Gasteiger partial charge in [0.25, 0.3) is 0 Å². The van der Waals surface area contributed by atoms with Crippen molar-refractivity contribution in [2.45, 2.75) is 12.3 Å². The molecule has 0 spiro atoms. The highest BCUT2D eigenvalue weighted by Crippen LogP contribution is 2.15. The number of aromatic nitrogens is 2. The molecule has 0 radical (unpaired) electrons. The first-order valence-corrected chi connectivity index (χ1v) is 3.35. The van der Waals surface area contributed by atoms with Gasteiger partial charge < -0.3 is 5.73 Å². The average molecular weight is 158 g/mol. The van der Waals surface area contributed by atoms with Crippen molar-refractivity contribution in [2.75, 3.05) is 5.73 Å². The van der Waals surface area contributed by atoms with Crippen LogP contribution in [0.2, 0.25) is 0 Å². The van der Waals surface area contributed by atoms with Crippen LogP contribution in [-0.4, -0.2) is 9.97 Å². The van der Waals surface area contributed by atoms with Gasteiger partial charge >= 0.3 is 0 Å². The van der Waals surface area contributed by atoms with E-state index in [0.29, 0.717) is 11.5 Å². The lowest BCUT2D eigenvalue weighted by atomic mass is 10.3. The quantitative estimate of drug-likeness (QED) is 0.627. The Morgan fingerprint density at radius 2 is 2.30 bits per heavy atom. The molecule has 1 rings (SSSR count). The zero-order valence-corrected chi connectivity index (χ0v) is 6.34. The maximum atomic E-state index is 5.72. The first-order chi connectivity index (χ1) is 4.70. The van der Waals surface area contributed by atoms with Gasteiger partial charge in [0.15, 0.2) is 0 Å². The molecule has 2 N–H and O–H groups in total. The molecule has 0 saturated carbocycles. The van der Waals surface area contributed by atoms with Gasteiger partial charge in [0.1, 0.15) is 5.82 Å². The van der Waals surface area contributed by atoms with Gasteiger partial charge in [-0.25, -0.2) is 4.98 Å². The molecule has 0 fully saturated rings. The summed E-state index contributed by atoms with van der Waals surface area (Å²) in [6, 6.07) is 0. The highest BCUT2D eigenvalue weighted by molar-refractivity contribution is 6.20. The average Bonchev–Trinajstić information content (AvgIpc) is 1.88. The summed E-state index contributed by atoms with van der Waals surface area (Å²) in [7, 11) is 0. The molecule has 4 heteroatoms. The predicted molar refractivity (Wildman–Crippen MR) is 40.7 cm³/mol. The first kappa shape index (κ1) is 7.28. The highest BCUT2D eigenvalue weighted by Gasteiger charge is 2.01. The van der Waals surface area contributed by atoms with Crippen LogP contribution in [0.1, 0.15) is 18.0 Å². The summed E-state index contributed by atoms with van der Waals surface area (Å²) >= 11 is 5.72. The Balaban J connectivity index is 2.96. The molecule has 10 heavy (non-hydrogen) atoms. The Hall–Kier alpha value is -0.830. The van der Waals surface area contributed by atoms with E-state index in [2.05, 4.69) is 9.97 Å². The van der Waals surface area contributed by atoms with Crippen molar-refractivity contribution in [3.8, 4) is 0 Å². The third-order valence-electron chi connectivity index (χ3n) is 1.08. The molecule has 54 valence electrons. The van der Waals surface area contributed by atoms with Crippen LogP contribution < -0.4 is 5.73 Å². The second-order valence-electron chi connectivity index (χ2n) is 1.98. The molecule has 1 atom stereocenters. The van der Waals surface area contributed by atoms with Gasteiger partial charge in [-0.1, -0.05) is 0 Å². The van der Waals surface area contributed by atoms with Gasteiger partial charge in [0, 0.05) is 0 Å². The molecule has 0 aromatic carbocycles. The number of hydrogen-bond acceptors (Lipinski definition) is 3. The van der Waals surface area contributed by atoms with Gasteiger partial charge in [0.2, 0.25) is 0 Å². The number of nitrogen functional groups attached to an aromatic ring is 1.